The van der Waals surface area contributed by atoms with E-state index in [1.807, 2.05) is 6.07 Å². The second-order valence-electron chi connectivity index (χ2n) is 5.03. The highest BCUT2D eigenvalue weighted by Crippen LogP contribution is 2.52. The van der Waals surface area contributed by atoms with Crippen LogP contribution in [0.25, 0.3) is 0 Å². The van der Waals surface area contributed by atoms with E-state index in [4.69, 9.17) is 18.9 Å². The second kappa shape index (κ2) is 4.48. The quantitative estimate of drug-likeness (QED) is 0.873. The van der Waals surface area contributed by atoms with Gasteiger partial charge in [-0.05, 0) is 42.7 Å². The zero-order valence-corrected chi connectivity index (χ0v) is 11.5. The Kier molecular flexibility index (Phi) is 2.60. The molecule has 0 aromatic heterocycles. The largest absolute Gasteiger partial charge is 0.508 e. The summed E-state index contributed by atoms with van der Waals surface area (Å²) >= 11 is 0. The van der Waals surface area contributed by atoms with E-state index in [1.54, 1.807) is 25.3 Å². The van der Waals surface area contributed by atoms with Crippen LogP contribution in [0.1, 0.15) is 11.1 Å². The van der Waals surface area contributed by atoms with Crippen molar-refractivity contribution in [2.75, 3.05) is 13.9 Å². The van der Waals surface area contributed by atoms with E-state index >= 15 is 0 Å². The molecule has 0 fully saturated rings. The number of phenols is 1. The summed E-state index contributed by atoms with van der Waals surface area (Å²) in [5.74, 6) is 3.47. The highest BCUT2D eigenvalue weighted by atomic mass is 16.7. The van der Waals surface area contributed by atoms with E-state index in [0.29, 0.717) is 23.0 Å². The minimum Gasteiger partial charge on any atom is -0.508 e. The SMILES string of the molecule is COc1cc2c(c3c1OCO3)Oc1ccc(O)cc1CC2. The first kappa shape index (κ1) is 12.2. The van der Waals surface area contributed by atoms with Gasteiger partial charge in [0.25, 0.3) is 0 Å². The number of benzene rings is 2. The molecule has 0 radical (unpaired) electrons. The zero-order chi connectivity index (χ0) is 14.4. The van der Waals surface area contributed by atoms with Crippen LogP contribution in [0.4, 0.5) is 0 Å². The van der Waals surface area contributed by atoms with Gasteiger partial charge in [-0.3, -0.25) is 0 Å². The van der Waals surface area contributed by atoms with Crippen molar-refractivity contribution in [2.45, 2.75) is 12.8 Å². The normalized spacial score (nSPS) is 14.7. The Morgan fingerprint density at radius 1 is 1.00 bits per heavy atom. The molecule has 21 heavy (non-hydrogen) atoms. The van der Waals surface area contributed by atoms with Gasteiger partial charge in [0, 0.05) is 5.56 Å². The third-order valence-corrected chi connectivity index (χ3v) is 3.78. The fourth-order valence-corrected chi connectivity index (χ4v) is 2.75. The monoisotopic (exact) mass is 286 g/mol. The number of aromatic hydroxyl groups is 1. The topological polar surface area (TPSA) is 57.2 Å². The minimum absolute atomic E-state index is 0.161. The van der Waals surface area contributed by atoms with Gasteiger partial charge in [-0.15, -0.1) is 0 Å². The number of phenolic OH excluding ortho intramolecular Hbond substituents is 1. The summed E-state index contributed by atoms with van der Waals surface area (Å²) in [4.78, 5) is 0. The smallest absolute Gasteiger partial charge is 0.231 e. The van der Waals surface area contributed by atoms with E-state index in [1.165, 1.54) is 0 Å². The number of hydrogen-bond donors (Lipinski definition) is 1. The molecule has 0 saturated carbocycles. The van der Waals surface area contributed by atoms with E-state index in [2.05, 4.69) is 0 Å². The molecule has 2 aromatic rings. The van der Waals surface area contributed by atoms with Crippen LogP contribution in [0.5, 0.6) is 34.5 Å². The maximum absolute atomic E-state index is 9.61. The number of methoxy groups -OCH3 is 1. The lowest BCUT2D eigenvalue weighted by Gasteiger charge is -2.13. The average Bonchev–Trinajstić information content (AvgIpc) is 2.90. The third kappa shape index (κ3) is 1.85. The molecule has 0 atom stereocenters. The van der Waals surface area contributed by atoms with Gasteiger partial charge < -0.3 is 24.1 Å². The average molecular weight is 286 g/mol. The second-order valence-corrected chi connectivity index (χ2v) is 5.03. The Bertz CT molecular complexity index is 723. The standard InChI is InChI=1S/C16H14O5/c1-18-13-7-10-3-2-9-6-11(17)4-5-12(9)21-14(10)16-15(13)19-8-20-16/h4-7,17H,2-3,8H2,1H3. The van der Waals surface area contributed by atoms with Crippen molar-refractivity contribution in [1.29, 1.82) is 0 Å². The van der Waals surface area contributed by atoms with Crippen LogP contribution in [0, 0.1) is 0 Å². The Morgan fingerprint density at radius 3 is 2.67 bits per heavy atom. The lowest BCUT2D eigenvalue weighted by Crippen LogP contribution is -1.94. The van der Waals surface area contributed by atoms with Crippen molar-refractivity contribution >= 4 is 0 Å². The highest BCUT2D eigenvalue weighted by Gasteiger charge is 2.29. The van der Waals surface area contributed by atoms with Crippen molar-refractivity contribution in [2.24, 2.45) is 0 Å². The Balaban J connectivity index is 1.87. The molecule has 0 amide bonds. The fraction of sp³-hybridized carbons (Fsp3) is 0.250. The van der Waals surface area contributed by atoms with Gasteiger partial charge in [0.2, 0.25) is 18.3 Å². The van der Waals surface area contributed by atoms with Gasteiger partial charge in [-0.1, -0.05) is 0 Å². The third-order valence-electron chi connectivity index (χ3n) is 3.78. The summed E-state index contributed by atoms with van der Waals surface area (Å²) in [5.41, 5.74) is 1.98. The molecule has 2 heterocycles. The van der Waals surface area contributed by atoms with Crippen LogP contribution in [-0.4, -0.2) is 19.0 Å². The van der Waals surface area contributed by atoms with Crippen molar-refractivity contribution < 1.29 is 24.1 Å². The first-order valence-electron chi connectivity index (χ1n) is 6.75. The van der Waals surface area contributed by atoms with Crippen LogP contribution in [0.3, 0.4) is 0 Å². The predicted molar refractivity (Wildman–Crippen MR) is 74.7 cm³/mol. The van der Waals surface area contributed by atoms with Crippen molar-refractivity contribution in [1.82, 2.24) is 0 Å². The summed E-state index contributed by atoms with van der Waals surface area (Å²) in [6.45, 7) is 0.161. The van der Waals surface area contributed by atoms with Crippen molar-refractivity contribution in [3.8, 4) is 34.5 Å². The van der Waals surface area contributed by atoms with E-state index in [9.17, 15) is 5.11 Å². The molecule has 4 rings (SSSR count). The van der Waals surface area contributed by atoms with Gasteiger partial charge in [-0.25, -0.2) is 0 Å². The Labute approximate surface area is 121 Å². The van der Waals surface area contributed by atoms with Gasteiger partial charge in [-0.2, -0.15) is 0 Å². The zero-order valence-electron chi connectivity index (χ0n) is 11.5. The molecule has 0 spiro atoms. The van der Waals surface area contributed by atoms with Crippen LogP contribution in [0.2, 0.25) is 0 Å². The fourth-order valence-electron chi connectivity index (χ4n) is 2.75. The van der Waals surface area contributed by atoms with E-state index < -0.39 is 0 Å². The number of rotatable bonds is 1. The molecule has 5 nitrogen and oxygen atoms in total. The van der Waals surface area contributed by atoms with Crippen molar-refractivity contribution in [3.05, 3.63) is 35.4 Å². The Hall–Kier alpha value is -2.56. The van der Waals surface area contributed by atoms with Gasteiger partial charge in [0.1, 0.15) is 11.5 Å². The predicted octanol–water partition coefficient (Wildman–Crippen LogP) is 3.02. The molecular formula is C16H14O5. The Morgan fingerprint density at radius 2 is 1.81 bits per heavy atom. The summed E-state index contributed by atoms with van der Waals surface area (Å²) < 4.78 is 22.4. The first-order chi connectivity index (χ1) is 10.3. The molecular weight excluding hydrogens is 272 g/mol. The van der Waals surface area contributed by atoms with E-state index in [-0.39, 0.29) is 12.5 Å². The molecule has 1 N–H and O–H groups in total. The van der Waals surface area contributed by atoms with Gasteiger partial charge >= 0.3 is 0 Å². The van der Waals surface area contributed by atoms with Crippen LogP contribution in [-0.2, 0) is 12.8 Å². The molecule has 0 bridgehead atoms. The number of hydrogen-bond acceptors (Lipinski definition) is 5. The molecule has 2 aromatic carbocycles. The van der Waals surface area contributed by atoms with Crippen molar-refractivity contribution in [3.63, 3.8) is 0 Å². The molecule has 0 aliphatic carbocycles. The van der Waals surface area contributed by atoms with Gasteiger partial charge in [0.15, 0.2) is 11.5 Å². The summed E-state index contributed by atoms with van der Waals surface area (Å²) in [5, 5.41) is 9.61. The lowest BCUT2D eigenvalue weighted by molar-refractivity contribution is 0.169. The first-order valence-corrected chi connectivity index (χ1v) is 6.75. The molecule has 108 valence electrons. The number of aryl methyl sites for hydroxylation is 2. The lowest BCUT2D eigenvalue weighted by atomic mass is 10.0. The number of ether oxygens (including phenoxy) is 4. The maximum atomic E-state index is 9.61. The summed E-state index contributed by atoms with van der Waals surface area (Å²) in [6, 6.07) is 7.04. The summed E-state index contributed by atoms with van der Waals surface area (Å²) in [7, 11) is 1.61. The highest BCUT2D eigenvalue weighted by molar-refractivity contribution is 5.65. The van der Waals surface area contributed by atoms with Crippen LogP contribution >= 0.6 is 0 Å². The molecule has 5 heteroatoms. The molecule has 0 unspecified atom stereocenters. The summed E-state index contributed by atoms with van der Waals surface area (Å²) in [6.07, 6.45) is 1.55. The minimum atomic E-state index is 0.161. The maximum Gasteiger partial charge on any atom is 0.231 e. The van der Waals surface area contributed by atoms with Crippen LogP contribution in [0.15, 0.2) is 24.3 Å². The molecule has 2 aliphatic heterocycles. The molecule has 2 aliphatic rings. The number of fused-ring (bicyclic) bond motifs is 4. The molecule has 0 saturated heterocycles. The van der Waals surface area contributed by atoms with E-state index in [0.717, 1.165) is 29.7 Å². The van der Waals surface area contributed by atoms with Gasteiger partial charge in [0.05, 0.1) is 7.11 Å². The van der Waals surface area contributed by atoms with Crippen LogP contribution < -0.4 is 18.9 Å².